The summed E-state index contributed by atoms with van der Waals surface area (Å²) in [7, 11) is 1.75. The average molecular weight is 403 g/mol. The molecule has 0 saturated heterocycles. The van der Waals surface area contributed by atoms with Crippen molar-refractivity contribution in [3.63, 3.8) is 0 Å². The van der Waals surface area contributed by atoms with Crippen molar-refractivity contribution in [2.24, 2.45) is 4.99 Å². The lowest BCUT2D eigenvalue weighted by molar-refractivity contribution is -0.116. The second-order valence-electron chi connectivity index (χ2n) is 7.26. The summed E-state index contributed by atoms with van der Waals surface area (Å²) < 4.78 is 1.80. The molecule has 8 nitrogen and oxygen atoms in total. The van der Waals surface area contributed by atoms with Crippen LogP contribution in [0.2, 0.25) is 0 Å². The maximum absolute atomic E-state index is 12.0. The van der Waals surface area contributed by atoms with Crippen LogP contribution in [0.1, 0.15) is 29.0 Å². The topological polar surface area (TPSA) is 96.2 Å². The molecule has 1 amide bonds. The first-order chi connectivity index (χ1) is 14.7. The van der Waals surface area contributed by atoms with Crippen LogP contribution in [-0.2, 0) is 17.9 Å². The van der Waals surface area contributed by atoms with E-state index in [-0.39, 0.29) is 11.8 Å². The summed E-state index contributed by atoms with van der Waals surface area (Å²) >= 11 is 0. The van der Waals surface area contributed by atoms with Crippen molar-refractivity contribution in [1.82, 2.24) is 25.4 Å². The number of para-hydroxylation sites is 1. The number of amides is 1. The summed E-state index contributed by atoms with van der Waals surface area (Å²) in [5.41, 5.74) is 4.36. The van der Waals surface area contributed by atoms with Gasteiger partial charge in [0.15, 0.2) is 5.96 Å². The molecule has 0 fully saturated rings. The third-order valence-electron chi connectivity index (χ3n) is 5.11. The number of nitrogens with one attached hydrogen (secondary N) is 3. The van der Waals surface area contributed by atoms with Crippen molar-refractivity contribution >= 4 is 17.6 Å². The number of carbonyl (C=O) groups excluding carboxylic acids is 1. The molecule has 1 atom stereocenters. The molecular formula is C22H25N7O. The first-order valence-electron chi connectivity index (χ1n) is 9.95. The Bertz CT molecular complexity index is 1030. The van der Waals surface area contributed by atoms with Crippen LogP contribution in [0, 0.1) is 0 Å². The quantitative estimate of drug-likeness (QED) is 0.433. The monoisotopic (exact) mass is 403 g/mol. The highest BCUT2D eigenvalue weighted by molar-refractivity contribution is 5.94. The van der Waals surface area contributed by atoms with Gasteiger partial charge in [-0.2, -0.15) is 5.10 Å². The van der Waals surface area contributed by atoms with E-state index >= 15 is 0 Å². The number of benzene rings is 2. The van der Waals surface area contributed by atoms with Gasteiger partial charge in [0.1, 0.15) is 12.7 Å². The number of aromatic nitrogens is 3. The minimum absolute atomic E-state index is 0.0487. The van der Waals surface area contributed by atoms with Crippen LogP contribution < -0.4 is 16.0 Å². The molecule has 0 saturated carbocycles. The molecule has 0 spiro atoms. The number of guanidine groups is 1. The van der Waals surface area contributed by atoms with E-state index in [4.69, 9.17) is 0 Å². The summed E-state index contributed by atoms with van der Waals surface area (Å²) in [6.07, 6.45) is 3.71. The SMILES string of the molecule is CN=C(NCc1cccc(Cn2cncn2)c1)NCC1CC(=O)Nc2ccccc21. The number of anilines is 1. The number of aliphatic imine (C=N–C) groups is 1. The zero-order valence-electron chi connectivity index (χ0n) is 16.9. The molecule has 8 heteroatoms. The highest BCUT2D eigenvalue weighted by Crippen LogP contribution is 2.31. The highest BCUT2D eigenvalue weighted by atomic mass is 16.1. The first-order valence-corrected chi connectivity index (χ1v) is 9.95. The van der Waals surface area contributed by atoms with Gasteiger partial charge >= 0.3 is 0 Å². The molecule has 4 rings (SSSR count). The second-order valence-corrected chi connectivity index (χ2v) is 7.26. The van der Waals surface area contributed by atoms with Crippen LogP contribution >= 0.6 is 0 Å². The van der Waals surface area contributed by atoms with E-state index in [1.54, 1.807) is 18.1 Å². The molecule has 30 heavy (non-hydrogen) atoms. The number of carbonyl (C=O) groups is 1. The zero-order valence-corrected chi connectivity index (χ0v) is 16.9. The Morgan fingerprint density at radius 3 is 2.90 bits per heavy atom. The highest BCUT2D eigenvalue weighted by Gasteiger charge is 2.24. The maximum atomic E-state index is 12.0. The third-order valence-corrected chi connectivity index (χ3v) is 5.11. The number of rotatable bonds is 6. The molecule has 0 aliphatic carbocycles. The molecule has 3 N–H and O–H groups in total. The number of hydrogen-bond acceptors (Lipinski definition) is 4. The van der Waals surface area contributed by atoms with Crippen molar-refractivity contribution in [2.75, 3.05) is 18.9 Å². The van der Waals surface area contributed by atoms with Gasteiger partial charge in [-0.15, -0.1) is 0 Å². The van der Waals surface area contributed by atoms with Crippen molar-refractivity contribution in [1.29, 1.82) is 0 Å². The van der Waals surface area contributed by atoms with Crippen LogP contribution in [0.5, 0.6) is 0 Å². The molecule has 1 aromatic heterocycles. The Morgan fingerprint density at radius 1 is 1.20 bits per heavy atom. The van der Waals surface area contributed by atoms with E-state index in [1.807, 2.05) is 24.3 Å². The van der Waals surface area contributed by atoms with Crippen molar-refractivity contribution in [3.8, 4) is 0 Å². The lowest BCUT2D eigenvalue weighted by Crippen LogP contribution is -2.40. The van der Waals surface area contributed by atoms with Gasteiger partial charge in [-0.25, -0.2) is 9.67 Å². The zero-order chi connectivity index (χ0) is 20.8. The second kappa shape index (κ2) is 9.21. The Kier molecular flexibility index (Phi) is 6.03. The van der Waals surface area contributed by atoms with Gasteiger partial charge in [0, 0.05) is 38.2 Å². The first kappa shape index (κ1) is 19.6. The van der Waals surface area contributed by atoms with Crippen LogP contribution in [0.25, 0.3) is 0 Å². The average Bonchev–Trinajstić information content (AvgIpc) is 3.27. The van der Waals surface area contributed by atoms with E-state index in [1.165, 1.54) is 6.33 Å². The molecule has 3 aromatic rings. The van der Waals surface area contributed by atoms with E-state index in [0.29, 0.717) is 32.0 Å². The molecule has 0 radical (unpaired) electrons. The van der Waals surface area contributed by atoms with E-state index < -0.39 is 0 Å². The van der Waals surface area contributed by atoms with Gasteiger partial charge in [0.25, 0.3) is 0 Å². The van der Waals surface area contributed by atoms with Crippen molar-refractivity contribution in [2.45, 2.75) is 25.4 Å². The van der Waals surface area contributed by atoms with Crippen LogP contribution in [0.3, 0.4) is 0 Å². The van der Waals surface area contributed by atoms with E-state index in [9.17, 15) is 4.79 Å². The van der Waals surface area contributed by atoms with Gasteiger partial charge in [0.05, 0.1) is 6.54 Å². The Labute approximate surface area is 175 Å². The Balaban J connectivity index is 1.33. The fraction of sp³-hybridized carbons (Fsp3) is 0.273. The molecule has 1 aliphatic rings. The maximum Gasteiger partial charge on any atom is 0.225 e. The summed E-state index contributed by atoms with van der Waals surface area (Å²) in [5.74, 6) is 0.868. The van der Waals surface area contributed by atoms with Gasteiger partial charge < -0.3 is 16.0 Å². The normalized spacial score (nSPS) is 16.0. The predicted octanol–water partition coefficient (Wildman–Crippen LogP) is 2.12. The minimum atomic E-state index is 0.0487. The standard InChI is InChI=1S/C22H25N7O/c1-23-22(26-12-18-10-21(30)28-20-8-3-2-7-19(18)20)25-11-16-5-4-6-17(9-16)13-29-15-24-14-27-29/h2-9,14-15,18H,10-13H2,1H3,(H,28,30)(H2,23,25,26). The van der Waals surface area contributed by atoms with Crippen LogP contribution in [-0.4, -0.2) is 40.2 Å². The third kappa shape index (κ3) is 4.83. The lowest BCUT2D eigenvalue weighted by Gasteiger charge is -2.26. The summed E-state index contributed by atoms with van der Waals surface area (Å²) in [6.45, 7) is 1.97. The lowest BCUT2D eigenvalue weighted by atomic mass is 9.90. The Hall–Kier alpha value is -3.68. The van der Waals surface area contributed by atoms with E-state index in [2.05, 4.69) is 55.3 Å². The van der Waals surface area contributed by atoms with Gasteiger partial charge in [-0.05, 0) is 22.8 Å². The number of nitrogens with zero attached hydrogens (tertiary/aromatic N) is 4. The molecular weight excluding hydrogens is 378 g/mol. The number of fused-ring (bicyclic) bond motifs is 1. The number of hydrogen-bond donors (Lipinski definition) is 3. The fourth-order valence-corrected chi connectivity index (χ4v) is 3.65. The molecule has 2 aromatic carbocycles. The van der Waals surface area contributed by atoms with Crippen LogP contribution in [0.4, 0.5) is 5.69 Å². The summed E-state index contributed by atoms with van der Waals surface area (Å²) in [5, 5.41) is 13.8. The smallest absolute Gasteiger partial charge is 0.225 e. The minimum Gasteiger partial charge on any atom is -0.356 e. The fourth-order valence-electron chi connectivity index (χ4n) is 3.65. The molecule has 154 valence electrons. The molecule has 0 bridgehead atoms. The van der Waals surface area contributed by atoms with Gasteiger partial charge in [0.2, 0.25) is 5.91 Å². The van der Waals surface area contributed by atoms with Crippen molar-refractivity contribution in [3.05, 3.63) is 77.9 Å². The van der Waals surface area contributed by atoms with E-state index in [0.717, 1.165) is 22.4 Å². The van der Waals surface area contributed by atoms with Crippen LogP contribution in [0.15, 0.2) is 66.2 Å². The predicted molar refractivity (Wildman–Crippen MR) is 116 cm³/mol. The van der Waals surface area contributed by atoms with Gasteiger partial charge in [-0.3, -0.25) is 9.79 Å². The Morgan fingerprint density at radius 2 is 2.07 bits per heavy atom. The van der Waals surface area contributed by atoms with Crippen molar-refractivity contribution < 1.29 is 4.79 Å². The molecule has 1 unspecified atom stereocenters. The molecule has 1 aliphatic heterocycles. The largest absolute Gasteiger partial charge is 0.356 e. The molecule has 2 heterocycles. The summed E-state index contributed by atoms with van der Waals surface area (Å²) in [4.78, 5) is 20.3. The van der Waals surface area contributed by atoms with Gasteiger partial charge in [-0.1, -0.05) is 42.5 Å². The summed E-state index contributed by atoms with van der Waals surface area (Å²) in [6, 6.07) is 16.3.